The van der Waals surface area contributed by atoms with Gasteiger partial charge in [-0.25, -0.2) is 0 Å². The van der Waals surface area contributed by atoms with Gasteiger partial charge in [-0.2, -0.15) is 0 Å². The van der Waals surface area contributed by atoms with Gasteiger partial charge in [0.25, 0.3) is 0 Å². The van der Waals surface area contributed by atoms with E-state index in [4.69, 9.17) is 33.2 Å². The maximum absolute atomic E-state index is 10.3. The molecule has 9 unspecified atom stereocenters. The van der Waals surface area contributed by atoms with Crippen LogP contribution >= 0.6 is 0 Å². The molecule has 2 aromatic carbocycles. The Morgan fingerprint density at radius 3 is 1.76 bits per heavy atom. The predicted octanol–water partition coefficient (Wildman–Crippen LogP) is 0.966. The van der Waals surface area contributed by atoms with Gasteiger partial charge in [-0.15, -0.1) is 0 Å². The molecule has 2 aromatic rings. The van der Waals surface area contributed by atoms with Crippen molar-refractivity contribution in [2.24, 2.45) is 11.8 Å². The number of ether oxygens (including phenoxy) is 7. The third-order valence-corrected chi connectivity index (χ3v) is 7.61. The minimum atomic E-state index is -1.54. The van der Waals surface area contributed by atoms with E-state index in [0.29, 0.717) is 30.5 Å². The minimum Gasteiger partial charge on any atom is -0.493 e. The van der Waals surface area contributed by atoms with Crippen molar-refractivity contribution in [3.8, 4) is 23.0 Å². The maximum atomic E-state index is 10.3. The van der Waals surface area contributed by atoms with Gasteiger partial charge in [0.15, 0.2) is 23.0 Å². The highest BCUT2D eigenvalue weighted by Gasteiger charge is 2.49. The summed E-state index contributed by atoms with van der Waals surface area (Å²) in [6.45, 7) is 0.508. The smallest absolute Gasteiger partial charge is 0.229 e. The maximum Gasteiger partial charge on any atom is 0.229 e. The second kappa shape index (κ2) is 11.2. The number of hydrogen-bond donors (Lipinski definition) is 4. The van der Waals surface area contributed by atoms with E-state index < -0.39 is 37.3 Å². The van der Waals surface area contributed by atoms with Crippen molar-refractivity contribution in [2.45, 2.75) is 42.9 Å². The normalized spacial score (nSPS) is 34.6. The first kappa shape index (κ1) is 26.9. The zero-order chi connectivity index (χ0) is 27.0. The van der Waals surface area contributed by atoms with E-state index in [-0.39, 0.29) is 29.8 Å². The molecular formula is C27H34O11. The zero-order valence-corrected chi connectivity index (χ0v) is 21.4. The molecule has 3 aliphatic rings. The van der Waals surface area contributed by atoms with Crippen LogP contribution in [-0.4, -0.2) is 92.3 Å². The molecule has 0 saturated carbocycles. The van der Waals surface area contributed by atoms with Crippen molar-refractivity contribution >= 4 is 0 Å². The summed E-state index contributed by atoms with van der Waals surface area (Å²) in [6, 6.07) is 11.1. The average Bonchev–Trinajstić information content (AvgIpc) is 3.55. The van der Waals surface area contributed by atoms with Gasteiger partial charge in [-0.1, -0.05) is 12.1 Å². The van der Waals surface area contributed by atoms with Crippen LogP contribution in [0.5, 0.6) is 23.0 Å². The molecule has 3 saturated heterocycles. The Morgan fingerprint density at radius 2 is 1.24 bits per heavy atom. The van der Waals surface area contributed by atoms with Gasteiger partial charge in [0.1, 0.15) is 24.4 Å². The Morgan fingerprint density at radius 1 is 0.711 bits per heavy atom. The molecule has 3 heterocycles. The Hall–Kier alpha value is -2.64. The van der Waals surface area contributed by atoms with Crippen LogP contribution in [0.25, 0.3) is 0 Å². The van der Waals surface area contributed by atoms with Gasteiger partial charge >= 0.3 is 0 Å². The van der Waals surface area contributed by atoms with E-state index >= 15 is 0 Å². The van der Waals surface area contributed by atoms with Gasteiger partial charge < -0.3 is 53.6 Å². The zero-order valence-electron chi connectivity index (χ0n) is 21.4. The number of benzene rings is 2. The molecule has 9 atom stereocenters. The molecule has 0 amide bonds. The molecule has 3 fully saturated rings. The number of fused-ring (bicyclic) bond motifs is 1. The van der Waals surface area contributed by atoms with Crippen molar-refractivity contribution in [1.82, 2.24) is 0 Å². The molecule has 3 aliphatic heterocycles. The van der Waals surface area contributed by atoms with Crippen molar-refractivity contribution < 1.29 is 53.6 Å². The summed E-state index contributed by atoms with van der Waals surface area (Å²) in [5, 5.41) is 39.8. The molecule has 0 aromatic heterocycles. The molecule has 0 bridgehead atoms. The molecule has 4 N–H and O–H groups in total. The molecule has 0 aliphatic carbocycles. The minimum absolute atomic E-state index is 0.120. The average molecular weight is 535 g/mol. The van der Waals surface area contributed by atoms with E-state index in [1.807, 2.05) is 24.3 Å². The van der Waals surface area contributed by atoms with Crippen LogP contribution in [0.1, 0.15) is 23.3 Å². The monoisotopic (exact) mass is 534 g/mol. The molecule has 0 spiro atoms. The molecule has 11 nitrogen and oxygen atoms in total. The SMILES string of the molecule is COc1ccc(C2OCC3C(c4ccc(OC5OC(CO)C(O)C(O)C5O)c(OC)c4)OCC23)cc1OC. The fraction of sp³-hybridized carbons (Fsp3) is 0.556. The second-order valence-electron chi connectivity index (χ2n) is 9.68. The van der Waals surface area contributed by atoms with Gasteiger partial charge in [0.2, 0.25) is 6.29 Å². The van der Waals surface area contributed by atoms with Crippen LogP contribution in [0.2, 0.25) is 0 Å². The predicted molar refractivity (Wildman–Crippen MR) is 131 cm³/mol. The van der Waals surface area contributed by atoms with Crippen LogP contribution in [0.3, 0.4) is 0 Å². The molecule has 5 rings (SSSR count). The lowest BCUT2D eigenvalue weighted by molar-refractivity contribution is -0.277. The van der Waals surface area contributed by atoms with Crippen LogP contribution in [-0.2, 0) is 14.2 Å². The molecule has 0 radical (unpaired) electrons. The van der Waals surface area contributed by atoms with Crippen LogP contribution < -0.4 is 18.9 Å². The fourth-order valence-electron chi connectivity index (χ4n) is 5.51. The molecular weight excluding hydrogens is 500 g/mol. The van der Waals surface area contributed by atoms with E-state index in [0.717, 1.165) is 11.1 Å². The highest BCUT2D eigenvalue weighted by Crippen LogP contribution is 2.51. The Labute approximate surface area is 220 Å². The van der Waals surface area contributed by atoms with Gasteiger partial charge in [0, 0.05) is 11.8 Å². The van der Waals surface area contributed by atoms with Crippen LogP contribution in [0, 0.1) is 11.8 Å². The topological polar surface area (TPSA) is 146 Å². The summed E-state index contributed by atoms with van der Waals surface area (Å²) in [6.07, 6.45) is -7.29. The van der Waals surface area contributed by atoms with E-state index in [1.54, 1.807) is 26.4 Å². The van der Waals surface area contributed by atoms with E-state index in [9.17, 15) is 20.4 Å². The lowest BCUT2D eigenvalue weighted by Gasteiger charge is -2.39. The molecule has 11 heteroatoms. The standard InChI is InChI=1S/C27H34O11/c1-32-17-6-4-13(8-19(17)33-2)25-15-11-36-26(16(15)12-35-25)14-5-7-18(20(9-14)34-3)37-27-24(31)23(30)22(29)21(10-28)38-27/h4-9,15-16,21-31H,10-12H2,1-3H3. The molecule has 208 valence electrons. The van der Waals surface area contributed by atoms with Crippen LogP contribution in [0.15, 0.2) is 36.4 Å². The summed E-state index contributed by atoms with van der Waals surface area (Å²) in [7, 11) is 4.69. The van der Waals surface area contributed by atoms with Crippen molar-refractivity contribution in [3.63, 3.8) is 0 Å². The third-order valence-electron chi connectivity index (χ3n) is 7.61. The summed E-state index contributed by atoms with van der Waals surface area (Å²) in [5.41, 5.74) is 1.88. The Bertz CT molecular complexity index is 1110. The first-order valence-electron chi connectivity index (χ1n) is 12.5. The number of hydrogen-bond acceptors (Lipinski definition) is 11. The van der Waals surface area contributed by atoms with E-state index in [1.165, 1.54) is 7.11 Å². The highest BCUT2D eigenvalue weighted by atomic mass is 16.7. The quantitative estimate of drug-likeness (QED) is 0.384. The number of aliphatic hydroxyl groups is 4. The lowest BCUT2D eigenvalue weighted by atomic mass is 9.85. The Balaban J connectivity index is 1.31. The largest absolute Gasteiger partial charge is 0.493 e. The van der Waals surface area contributed by atoms with Gasteiger partial charge in [-0.05, 0) is 35.4 Å². The first-order chi connectivity index (χ1) is 18.4. The number of methoxy groups -OCH3 is 3. The summed E-state index contributed by atoms with van der Waals surface area (Å²) >= 11 is 0. The highest BCUT2D eigenvalue weighted by molar-refractivity contribution is 5.45. The van der Waals surface area contributed by atoms with Crippen molar-refractivity contribution in [2.75, 3.05) is 41.2 Å². The van der Waals surface area contributed by atoms with Gasteiger partial charge in [0.05, 0.1) is 53.4 Å². The number of rotatable bonds is 8. The van der Waals surface area contributed by atoms with Crippen molar-refractivity contribution in [1.29, 1.82) is 0 Å². The second-order valence-corrected chi connectivity index (χ2v) is 9.68. The van der Waals surface area contributed by atoms with Gasteiger partial charge in [-0.3, -0.25) is 0 Å². The van der Waals surface area contributed by atoms with Crippen LogP contribution in [0.4, 0.5) is 0 Å². The summed E-state index contributed by atoms with van der Waals surface area (Å²) in [4.78, 5) is 0. The lowest BCUT2D eigenvalue weighted by Crippen LogP contribution is -2.60. The van der Waals surface area contributed by atoms with E-state index in [2.05, 4.69) is 0 Å². The summed E-state index contributed by atoms with van der Waals surface area (Å²) < 4.78 is 40.1. The molecule has 38 heavy (non-hydrogen) atoms. The third kappa shape index (κ3) is 4.79. The van der Waals surface area contributed by atoms with Crippen molar-refractivity contribution in [3.05, 3.63) is 47.5 Å². The fourth-order valence-corrected chi connectivity index (χ4v) is 5.51. The Kier molecular flexibility index (Phi) is 7.96. The first-order valence-corrected chi connectivity index (χ1v) is 12.5. The summed E-state index contributed by atoms with van der Waals surface area (Å²) in [5.74, 6) is 2.21. The number of aliphatic hydroxyl groups excluding tert-OH is 4.